The Kier molecular flexibility index (Phi) is 4.84. The molecule has 1 fully saturated rings. The largest absolute Gasteiger partial charge is 0.354 e. The van der Waals surface area contributed by atoms with E-state index in [4.69, 9.17) is 17.3 Å². The van der Waals surface area contributed by atoms with Gasteiger partial charge in [-0.3, -0.25) is 0 Å². The summed E-state index contributed by atoms with van der Waals surface area (Å²) < 4.78 is 0. The molecule has 1 aromatic heterocycles. The van der Waals surface area contributed by atoms with Crippen LogP contribution >= 0.6 is 11.6 Å². The summed E-state index contributed by atoms with van der Waals surface area (Å²) >= 11 is 6.08. The molecule has 3 nitrogen and oxygen atoms in total. The average Bonchev–Trinajstić information content (AvgIpc) is 2.64. The molecule has 0 radical (unpaired) electrons. The van der Waals surface area contributed by atoms with E-state index in [1.54, 1.807) is 6.20 Å². The lowest BCUT2D eigenvalue weighted by molar-refractivity contribution is 0.552. The van der Waals surface area contributed by atoms with Crippen LogP contribution in [0.4, 0.5) is 5.82 Å². The van der Waals surface area contributed by atoms with Crippen LogP contribution in [-0.4, -0.2) is 17.6 Å². The molecular formula is C14H22ClN3. The Hall–Kier alpha value is -0.800. The van der Waals surface area contributed by atoms with Crippen molar-refractivity contribution in [2.45, 2.75) is 51.6 Å². The van der Waals surface area contributed by atoms with E-state index in [1.807, 2.05) is 0 Å². The van der Waals surface area contributed by atoms with Crippen LogP contribution in [0, 0.1) is 0 Å². The van der Waals surface area contributed by atoms with Crippen LogP contribution in [-0.2, 0) is 6.54 Å². The lowest BCUT2D eigenvalue weighted by Gasteiger charge is -2.30. The number of rotatable bonds is 3. The number of nitrogens with two attached hydrogens (primary N) is 1. The molecule has 1 unspecified atom stereocenters. The zero-order valence-corrected chi connectivity index (χ0v) is 11.8. The van der Waals surface area contributed by atoms with Crippen LogP contribution in [0.2, 0.25) is 5.02 Å². The van der Waals surface area contributed by atoms with E-state index in [1.165, 1.54) is 32.1 Å². The molecule has 0 spiro atoms. The molecule has 1 aliphatic heterocycles. The predicted octanol–water partition coefficient (Wildman–Crippen LogP) is 3.35. The fourth-order valence-electron chi connectivity index (χ4n) is 2.68. The highest BCUT2D eigenvalue weighted by molar-refractivity contribution is 6.31. The van der Waals surface area contributed by atoms with Crippen molar-refractivity contribution in [1.29, 1.82) is 0 Å². The molecule has 0 saturated carbocycles. The van der Waals surface area contributed by atoms with Crippen LogP contribution in [0.3, 0.4) is 0 Å². The van der Waals surface area contributed by atoms with Gasteiger partial charge in [-0.15, -0.1) is 0 Å². The summed E-state index contributed by atoms with van der Waals surface area (Å²) in [6.45, 7) is 3.82. The minimum atomic E-state index is 0.471. The summed E-state index contributed by atoms with van der Waals surface area (Å²) in [5.41, 5.74) is 6.70. The summed E-state index contributed by atoms with van der Waals surface area (Å²) in [5, 5.41) is 0.670. The predicted molar refractivity (Wildman–Crippen MR) is 77.0 cm³/mol. The molecule has 4 heteroatoms. The molecule has 1 aromatic rings. The smallest absolute Gasteiger partial charge is 0.129 e. The summed E-state index contributed by atoms with van der Waals surface area (Å²) in [6.07, 6.45) is 8.06. The van der Waals surface area contributed by atoms with E-state index >= 15 is 0 Å². The van der Waals surface area contributed by atoms with Gasteiger partial charge in [-0.1, -0.05) is 31.4 Å². The van der Waals surface area contributed by atoms with Crippen molar-refractivity contribution >= 4 is 17.4 Å². The van der Waals surface area contributed by atoms with E-state index in [-0.39, 0.29) is 0 Å². The normalized spacial score (nSPS) is 20.8. The molecule has 1 saturated heterocycles. The van der Waals surface area contributed by atoms with Gasteiger partial charge in [0.05, 0.1) is 5.02 Å². The Morgan fingerprint density at radius 3 is 3.00 bits per heavy atom. The highest BCUT2D eigenvalue weighted by Gasteiger charge is 2.21. The van der Waals surface area contributed by atoms with Crippen molar-refractivity contribution in [2.24, 2.45) is 5.73 Å². The number of halogens is 1. The fraction of sp³-hybridized carbons (Fsp3) is 0.643. The van der Waals surface area contributed by atoms with Crippen LogP contribution in [0.15, 0.2) is 12.3 Å². The molecular weight excluding hydrogens is 246 g/mol. The number of pyridine rings is 1. The van der Waals surface area contributed by atoms with E-state index in [2.05, 4.69) is 22.9 Å². The van der Waals surface area contributed by atoms with Crippen molar-refractivity contribution in [3.05, 3.63) is 22.8 Å². The molecule has 0 aromatic carbocycles. The lowest BCUT2D eigenvalue weighted by Crippen LogP contribution is -2.35. The molecule has 1 aliphatic rings. The van der Waals surface area contributed by atoms with Gasteiger partial charge in [-0.25, -0.2) is 4.98 Å². The Morgan fingerprint density at radius 2 is 2.28 bits per heavy atom. The topological polar surface area (TPSA) is 42.1 Å². The van der Waals surface area contributed by atoms with E-state index in [0.29, 0.717) is 17.6 Å². The van der Waals surface area contributed by atoms with Gasteiger partial charge < -0.3 is 10.6 Å². The maximum atomic E-state index is 6.08. The highest BCUT2D eigenvalue weighted by Crippen LogP contribution is 2.26. The molecule has 0 aliphatic carbocycles. The number of hydrogen-bond acceptors (Lipinski definition) is 3. The molecule has 100 valence electrons. The molecule has 2 N–H and O–H groups in total. The first-order chi connectivity index (χ1) is 8.76. The third-order valence-electron chi connectivity index (χ3n) is 3.78. The second kappa shape index (κ2) is 6.39. The Balaban J connectivity index is 2.26. The number of hydrogen-bond donors (Lipinski definition) is 1. The second-order valence-corrected chi connectivity index (χ2v) is 5.35. The summed E-state index contributed by atoms with van der Waals surface area (Å²) in [6, 6.07) is 2.66. The lowest BCUT2D eigenvalue weighted by atomic mass is 10.1. The zero-order chi connectivity index (χ0) is 13.0. The number of anilines is 1. The van der Waals surface area contributed by atoms with E-state index < -0.39 is 0 Å². The van der Waals surface area contributed by atoms with Gasteiger partial charge in [0.2, 0.25) is 0 Å². The van der Waals surface area contributed by atoms with Crippen molar-refractivity contribution in [2.75, 3.05) is 11.4 Å². The molecule has 0 amide bonds. The fourth-order valence-corrected chi connectivity index (χ4v) is 2.87. The highest BCUT2D eigenvalue weighted by atomic mass is 35.5. The zero-order valence-electron chi connectivity index (χ0n) is 11.0. The molecule has 18 heavy (non-hydrogen) atoms. The van der Waals surface area contributed by atoms with Gasteiger partial charge >= 0.3 is 0 Å². The standard InChI is InChI=1S/C14H22ClN3/c1-2-12-6-4-3-5-7-18(12)14-8-11(9-16)13(15)10-17-14/h8,10,12H,2-7,9,16H2,1H3. The van der Waals surface area contributed by atoms with Crippen LogP contribution in [0.5, 0.6) is 0 Å². The van der Waals surface area contributed by atoms with Gasteiger partial charge in [0.1, 0.15) is 5.82 Å². The van der Waals surface area contributed by atoms with Crippen LogP contribution in [0.25, 0.3) is 0 Å². The third-order valence-corrected chi connectivity index (χ3v) is 4.12. The first kappa shape index (κ1) is 13.6. The maximum absolute atomic E-state index is 6.08. The minimum absolute atomic E-state index is 0.471. The molecule has 2 heterocycles. The number of aromatic nitrogens is 1. The first-order valence-electron chi connectivity index (χ1n) is 6.87. The van der Waals surface area contributed by atoms with Gasteiger partial charge in [0, 0.05) is 25.3 Å². The van der Waals surface area contributed by atoms with Gasteiger partial charge in [0.15, 0.2) is 0 Å². The minimum Gasteiger partial charge on any atom is -0.354 e. The number of nitrogens with zero attached hydrogens (tertiary/aromatic N) is 2. The summed E-state index contributed by atoms with van der Waals surface area (Å²) in [5.74, 6) is 1.04. The van der Waals surface area contributed by atoms with Crippen molar-refractivity contribution < 1.29 is 0 Å². The monoisotopic (exact) mass is 267 g/mol. The van der Waals surface area contributed by atoms with Crippen LogP contribution in [0.1, 0.15) is 44.6 Å². The van der Waals surface area contributed by atoms with Gasteiger partial charge in [-0.05, 0) is 30.9 Å². The third kappa shape index (κ3) is 2.96. The van der Waals surface area contributed by atoms with Crippen molar-refractivity contribution in [1.82, 2.24) is 4.98 Å². The van der Waals surface area contributed by atoms with Gasteiger partial charge in [-0.2, -0.15) is 0 Å². The van der Waals surface area contributed by atoms with E-state index in [0.717, 1.165) is 17.9 Å². The van der Waals surface area contributed by atoms with Gasteiger partial charge in [0.25, 0.3) is 0 Å². The maximum Gasteiger partial charge on any atom is 0.129 e. The Bertz CT molecular complexity index is 395. The Labute approximate surface area is 114 Å². The molecule has 2 rings (SSSR count). The van der Waals surface area contributed by atoms with Crippen molar-refractivity contribution in [3.63, 3.8) is 0 Å². The SMILES string of the molecule is CCC1CCCCCN1c1cc(CN)c(Cl)cn1. The summed E-state index contributed by atoms with van der Waals surface area (Å²) in [4.78, 5) is 6.92. The van der Waals surface area contributed by atoms with Crippen LogP contribution < -0.4 is 10.6 Å². The molecule has 0 bridgehead atoms. The van der Waals surface area contributed by atoms with E-state index in [9.17, 15) is 0 Å². The molecule has 1 atom stereocenters. The van der Waals surface area contributed by atoms with Crippen molar-refractivity contribution in [3.8, 4) is 0 Å². The quantitative estimate of drug-likeness (QED) is 0.913. The summed E-state index contributed by atoms with van der Waals surface area (Å²) in [7, 11) is 0. The first-order valence-corrected chi connectivity index (χ1v) is 7.25. The average molecular weight is 268 g/mol. The Morgan fingerprint density at radius 1 is 1.44 bits per heavy atom. The second-order valence-electron chi connectivity index (χ2n) is 4.94.